The number of nitrogens with zero attached hydrogens (tertiary/aromatic N) is 1. The summed E-state index contributed by atoms with van der Waals surface area (Å²) in [4.78, 5) is 20.1. The molecule has 5 heteroatoms. The van der Waals surface area contributed by atoms with E-state index in [1.165, 1.54) is 23.1 Å². The number of hydrogen-bond acceptors (Lipinski definition) is 4. The van der Waals surface area contributed by atoms with Gasteiger partial charge in [-0.2, -0.15) is 11.8 Å². The van der Waals surface area contributed by atoms with Crippen molar-refractivity contribution in [1.29, 1.82) is 0 Å². The normalized spacial score (nSPS) is 15.1. The van der Waals surface area contributed by atoms with Gasteiger partial charge in [0.25, 0.3) is 5.56 Å². The van der Waals surface area contributed by atoms with Gasteiger partial charge in [-0.15, -0.1) is 0 Å². The van der Waals surface area contributed by atoms with Gasteiger partial charge < -0.3 is 9.72 Å². The van der Waals surface area contributed by atoms with E-state index in [2.05, 4.69) is 22.3 Å². The molecule has 2 aliphatic carbocycles. The zero-order valence-corrected chi connectivity index (χ0v) is 15.2. The molecule has 1 aromatic heterocycles. The largest absolute Gasteiger partial charge is 0.482 e. The van der Waals surface area contributed by atoms with Crippen molar-refractivity contribution in [3.63, 3.8) is 0 Å². The molecule has 0 fully saturated rings. The van der Waals surface area contributed by atoms with Gasteiger partial charge in [0, 0.05) is 23.3 Å². The average molecular weight is 354 g/mol. The van der Waals surface area contributed by atoms with Crippen molar-refractivity contribution in [2.45, 2.75) is 32.1 Å². The fourth-order valence-corrected chi connectivity index (χ4v) is 4.16. The predicted octanol–water partition coefficient (Wildman–Crippen LogP) is 3.86. The molecule has 1 N–H and O–H groups in total. The molecule has 0 radical (unpaired) electrons. The Kier molecular flexibility index (Phi) is 4.66. The molecule has 1 heterocycles. The van der Waals surface area contributed by atoms with E-state index in [1.807, 2.05) is 12.1 Å². The van der Waals surface area contributed by atoms with Crippen molar-refractivity contribution in [3.8, 4) is 11.3 Å². The van der Waals surface area contributed by atoms with Crippen LogP contribution in [0.4, 0.5) is 5.69 Å². The maximum atomic E-state index is 12.5. The lowest BCUT2D eigenvalue weighted by Crippen LogP contribution is -2.21. The molecule has 0 saturated heterocycles. The lowest BCUT2D eigenvalue weighted by atomic mass is 9.88. The van der Waals surface area contributed by atoms with Crippen LogP contribution in [0.15, 0.2) is 28.0 Å². The maximum Gasteiger partial charge on any atom is 0.251 e. The Balaban J connectivity index is 1.69. The van der Waals surface area contributed by atoms with Crippen LogP contribution in [0, 0.1) is 0 Å². The van der Waals surface area contributed by atoms with Crippen molar-refractivity contribution in [3.05, 3.63) is 50.8 Å². The number of pyridine rings is 1. The van der Waals surface area contributed by atoms with Crippen molar-refractivity contribution in [1.82, 2.24) is 4.98 Å². The van der Waals surface area contributed by atoms with Crippen LogP contribution in [-0.2, 0) is 24.0 Å². The molecule has 2 aromatic rings. The third-order valence-electron chi connectivity index (χ3n) is 5.09. The van der Waals surface area contributed by atoms with Gasteiger partial charge in [0.15, 0.2) is 6.40 Å². The summed E-state index contributed by atoms with van der Waals surface area (Å²) in [5, 5.41) is 0. The van der Waals surface area contributed by atoms with Crippen LogP contribution in [0.2, 0.25) is 0 Å². The summed E-state index contributed by atoms with van der Waals surface area (Å²) in [5.41, 5.74) is 7.92. The van der Waals surface area contributed by atoms with Crippen molar-refractivity contribution >= 4 is 23.8 Å². The number of thioether (sulfide) groups is 1. The van der Waals surface area contributed by atoms with E-state index in [0.29, 0.717) is 6.61 Å². The smallest absolute Gasteiger partial charge is 0.251 e. The highest BCUT2D eigenvalue weighted by Crippen LogP contribution is 2.42. The van der Waals surface area contributed by atoms with Crippen LogP contribution in [-0.4, -0.2) is 30.0 Å². The van der Waals surface area contributed by atoms with Crippen molar-refractivity contribution in [2.24, 2.45) is 4.99 Å². The van der Waals surface area contributed by atoms with Crippen molar-refractivity contribution in [2.75, 3.05) is 18.6 Å². The van der Waals surface area contributed by atoms with Gasteiger partial charge in [0.1, 0.15) is 0 Å². The van der Waals surface area contributed by atoms with Gasteiger partial charge in [-0.25, -0.2) is 4.99 Å². The number of nitrogens with one attached hydrogen (secondary N) is 1. The highest BCUT2D eigenvalue weighted by molar-refractivity contribution is 7.98. The van der Waals surface area contributed by atoms with Gasteiger partial charge in [-0.3, -0.25) is 4.79 Å². The quantitative estimate of drug-likeness (QED) is 0.430. The number of aliphatic imine (C=N–C) groups is 1. The number of aromatic amines is 1. The Morgan fingerprint density at radius 3 is 2.88 bits per heavy atom. The molecule has 0 aliphatic heterocycles. The highest BCUT2D eigenvalue weighted by atomic mass is 32.2. The van der Waals surface area contributed by atoms with E-state index in [4.69, 9.17) is 4.74 Å². The minimum atomic E-state index is 0.0932. The van der Waals surface area contributed by atoms with Gasteiger partial charge in [0.05, 0.1) is 18.0 Å². The van der Waals surface area contributed by atoms with Gasteiger partial charge >= 0.3 is 0 Å². The lowest BCUT2D eigenvalue weighted by Gasteiger charge is -2.18. The number of benzene rings is 1. The molecule has 0 unspecified atom stereocenters. The Labute approximate surface area is 151 Å². The zero-order valence-electron chi connectivity index (χ0n) is 14.4. The van der Waals surface area contributed by atoms with Gasteiger partial charge in [-0.1, -0.05) is 12.1 Å². The Morgan fingerprint density at radius 2 is 2.04 bits per heavy atom. The van der Waals surface area contributed by atoms with E-state index in [0.717, 1.165) is 53.9 Å². The van der Waals surface area contributed by atoms with E-state index < -0.39 is 0 Å². The second kappa shape index (κ2) is 7.08. The summed E-state index contributed by atoms with van der Waals surface area (Å²) in [5.74, 6) is 0.956. The van der Waals surface area contributed by atoms with Crippen LogP contribution in [0.3, 0.4) is 0 Å². The van der Waals surface area contributed by atoms with Gasteiger partial charge in [0.2, 0.25) is 0 Å². The Morgan fingerprint density at radius 1 is 1.20 bits per heavy atom. The topological polar surface area (TPSA) is 54.4 Å². The lowest BCUT2D eigenvalue weighted by molar-refractivity contribution is 0.348. The minimum Gasteiger partial charge on any atom is -0.482 e. The van der Waals surface area contributed by atoms with E-state index >= 15 is 0 Å². The minimum absolute atomic E-state index is 0.0932. The summed E-state index contributed by atoms with van der Waals surface area (Å²) in [6, 6.07) is 6.10. The number of ether oxygens (including phenoxy) is 1. The fraction of sp³-hybridized carbons (Fsp3) is 0.400. The van der Waals surface area contributed by atoms with Crippen LogP contribution >= 0.6 is 11.8 Å². The Hall–Kier alpha value is -2.01. The maximum absolute atomic E-state index is 12.5. The number of aromatic nitrogens is 1. The summed E-state index contributed by atoms with van der Waals surface area (Å²) in [7, 11) is 0. The first kappa shape index (κ1) is 16.5. The molecule has 0 saturated carbocycles. The highest BCUT2D eigenvalue weighted by Gasteiger charge is 2.28. The van der Waals surface area contributed by atoms with E-state index in [9.17, 15) is 4.79 Å². The third kappa shape index (κ3) is 3.01. The summed E-state index contributed by atoms with van der Waals surface area (Å²) in [6.07, 6.45) is 8.67. The molecule has 2 aliphatic rings. The van der Waals surface area contributed by atoms with Crippen LogP contribution in [0.1, 0.15) is 35.1 Å². The molecule has 25 heavy (non-hydrogen) atoms. The monoisotopic (exact) mass is 354 g/mol. The molecule has 130 valence electrons. The molecule has 4 nitrogen and oxygen atoms in total. The first-order chi connectivity index (χ1) is 12.3. The number of H-pyrrole nitrogens is 1. The first-order valence-electron chi connectivity index (χ1n) is 8.82. The molecular formula is C20H22N2O2S. The second-order valence-corrected chi connectivity index (χ2v) is 7.54. The molecule has 0 atom stereocenters. The molecule has 0 bridgehead atoms. The molecular weight excluding hydrogens is 332 g/mol. The molecule has 0 amide bonds. The average Bonchev–Trinajstić information content (AvgIpc) is 3.01. The molecule has 0 spiro atoms. The number of hydrogen-bond donors (Lipinski definition) is 1. The first-order valence-corrected chi connectivity index (χ1v) is 10.2. The standard InChI is InChI=1S/C20H22N2O2S/c1-25-10-9-24-12-21-18-8-4-7-14-16(18)11-17-13-5-2-3-6-15(13)20(23)22-19(14)17/h4,7-8,12H,2-3,5-6,9-11H2,1H3,(H,22,23). The third-order valence-corrected chi connectivity index (χ3v) is 5.67. The second-order valence-electron chi connectivity index (χ2n) is 6.55. The molecule has 4 rings (SSSR count). The van der Waals surface area contributed by atoms with Crippen molar-refractivity contribution < 1.29 is 4.74 Å². The number of fused-ring (bicyclic) bond motifs is 5. The van der Waals surface area contributed by atoms with Crippen LogP contribution in [0.25, 0.3) is 11.3 Å². The zero-order chi connectivity index (χ0) is 17.2. The van der Waals surface area contributed by atoms with Crippen LogP contribution in [0.5, 0.6) is 0 Å². The van der Waals surface area contributed by atoms with Gasteiger partial charge in [-0.05, 0) is 54.7 Å². The van der Waals surface area contributed by atoms with E-state index in [-0.39, 0.29) is 5.56 Å². The summed E-state index contributed by atoms with van der Waals surface area (Å²) >= 11 is 1.75. The summed E-state index contributed by atoms with van der Waals surface area (Å²) in [6.45, 7) is 0.667. The summed E-state index contributed by atoms with van der Waals surface area (Å²) < 4.78 is 5.45. The van der Waals surface area contributed by atoms with E-state index in [1.54, 1.807) is 18.2 Å². The molecule has 1 aromatic carbocycles. The SMILES string of the molecule is CSCCOC=Nc1cccc2c1Cc1c-2[nH]c(=O)c2c1CCCC2. The van der Waals surface area contributed by atoms with Crippen LogP contribution < -0.4 is 5.56 Å². The Bertz CT molecular complexity index is 886. The predicted molar refractivity (Wildman–Crippen MR) is 104 cm³/mol. The number of rotatable bonds is 5. The fourth-order valence-electron chi connectivity index (χ4n) is 3.90.